The van der Waals surface area contributed by atoms with Gasteiger partial charge in [0.15, 0.2) is 0 Å². The van der Waals surface area contributed by atoms with Crippen LogP contribution < -0.4 is 0 Å². The van der Waals surface area contributed by atoms with Crippen LogP contribution in [0.1, 0.15) is 52.0 Å². The van der Waals surface area contributed by atoms with Crippen LogP contribution in [-0.2, 0) is 0 Å². The number of hydrogen-bond acceptors (Lipinski definition) is 1. The Balaban J connectivity index is 3.07. The molecule has 0 saturated carbocycles. The highest BCUT2D eigenvalue weighted by Crippen LogP contribution is 2.28. The Kier molecular flexibility index (Phi) is 6.14. The lowest BCUT2D eigenvalue weighted by atomic mass is 9.85. The maximum atomic E-state index is 10.4. The molecule has 0 aliphatic heterocycles. The van der Waals surface area contributed by atoms with E-state index in [2.05, 4.69) is 45.9 Å². The lowest BCUT2D eigenvalue weighted by molar-refractivity contribution is 0.110. The number of hydrogen-bond donors (Lipinski definition) is 1. The molecule has 100 valence electrons. The highest BCUT2D eigenvalue weighted by atomic mass is 16.3. The predicted molar refractivity (Wildman–Crippen MR) is 78.7 cm³/mol. The molecule has 0 radical (unpaired) electrons. The van der Waals surface area contributed by atoms with Crippen molar-refractivity contribution < 1.29 is 5.11 Å². The molecule has 0 aliphatic rings. The van der Waals surface area contributed by atoms with E-state index in [1.54, 1.807) is 0 Å². The van der Waals surface area contributed by atoms with Crippen molar-refractivity contribution in [1.29, 1.82) is 0 Å². The first-order chi connectivity index (χ1) is 8.60. The van der Waals surface area contributed by atoms with Gasteiger partial charge in [-0.05, 0) is 24.3 Å². The van der Waals surface area contributed by atoms with Gasteiger partial charge in [-0.25, -0.2) is 0 Å². The highest BCUT2D eigenvalue weighted by molar-refractivity contribution is 5.27. The van der Waals surface area contributed by atoms with Gasteiger partial charge in [0.05, 0.1) is 6.10 Å². The molecule has 1 rings (SSSR count). The second-order valence-electron chi connectivity index (χ2n) is 5.20. The van der Waals surface area contributed by atoms with Crippen molar-refractivity contribution >= 4 is 0 Å². The Labute approximate surface area is 112 Å². The summed E-state index contributed by atoms with van der Waals surface area (Å²) in [6, 6.07) is 10.3. The largest absolute Gasteiger partial charge is 0.392 e. The quantitative estimate of drug-likeness (QED) is 0.731. The van der Waals surface area contributed by atoms with Gasteiger partial charge in [0.25, 0.3) is 0 Å². The lowest BCUT2D eigenvalue weighted by Gasteiger charge is -2.24. The van der Waals surface area contributed by atoms with E-state index >= 15 is 0 Å². The molecule has 1 N–H and O–H groups in total. The zero-order valence-electron chi connectivity index (χ0n) is 12.1. The summed E-state index contributed by atoms with van der Waals surface area (Å²) >= 11 is 0. The molecule has 2 atom stereocenters. The highest BCUT2D eigenvalue weighted by Gasteiger charge is 2.22. The predicted octanol–water partition coefficient (Wildman–Crippen LogP) is 4.53. The Morgan fingerprint density at radius 1 is 1.11 bits per heavy atom. The molecule has 0 fully saturated rings. The molecule has 1 aromatic carbocycles. The molecule has 0 aromatic heterocycles. The summed E-state index contributed by atoms with van der Waals surface area (Å²) in [4.78, 5) is 0. The molecule has 0 bridgehead atoms. The summed E-state index contributed by atoms with van der Waals surface area (Å²) in [5.41, 5.74) is 2.63. The van der Waals surface area contributed by atoms with E-state index in [1.165, 1.54) is 11.1 Å². The first kappa shape index (κ1) is 15.0. The maximum absolute atomic E-state index is 10.4. The topological polar surface area (TPSA) is 20.2 Å². The van der Waals surface area contributed by atoms with Crippen LogP contribution in [0.3, 0.4) is 0 Å². The number of aliphatic hydroxyl groups is 1. The molecule has 0 aliphatic carbocycles. The summed E-state index contributed by atoms with van der Waals surface area (Å²) < 4.78 is 0. The van der Waals surface area contributed by atoms with Crippen LogP contribution in [-0.4, -0.2) is 11.2 Å². The van der Waals surface area contributed by atoms with E-state index < -0.39 is 0 Å². The summed E-state index contributed by atoms with van der Waals surface area (Å²) in [6.07, 6.45) is 4.07. The standard InChI is InChI=1S/C17H26O/c1-5-14(6-2)12-16(17(18)13(3)4)15-10-8-7-9-11-15/h7-13,16-18H,5-6H2,1-4H3. The average Bonchev–Trinajstić information content (AvgIpc) is 2.40. The van der Waals surface area contributed by atoms with E-state index in [0.717, 1.165) is 12.8 Å². The van der Waals surface area contributed by atoms with E-state index in [4.69, 9.17) is 0 Å². The summed E-state index contributed by atoms with van der Waals surface area (Å²) in [6.45, 7) is 8.51. The smallest absolute Gasteiger partial charge is 0.0666 e. The summed E-state index contributed by atoms with van der Waals surface area (Å²) in [5, 5.41) is 10.4. The van der Waals surface area contributed by atoms with Crippen LogP contribution in [0.15, 0.2) is 42.0 Å². The minimum absolute atomic E-state index is 0.112. The molecule has 2 unspecified atom stereocenters. The molecule has 0 amide bonds. The van der Waals surface area contributed by atoms with Gasteiger partial charge in [0.2, 0.25) is 0 Å². The molecule has 1 heteroatoms. The Morgan fingerprint density at radius 3 is 2.11 bits per heavy atom. The number of benzene rings is 1. The molecule has 0 heterocycles. The van der Waals surface area contributed by atoms with E-state index in [1.807, 2.05) is 18.2 Å². The molecule has 0 spiro atoms. The third-order valence-electron chi connectivity index (χ3n) is 3.56. The fourth-order valence-corrected chi connectivity index (χ4v) is 2.22. The third kappa shape index (κ3) is 3.99. The van der Waals surface area contributed by atoms with Crippen molar-refractivity contribution in [3.05, 3.63) is 47.5 Å². The summed E-state index contributed by atoms with van der Waals surface area (Å²) in [7, 11) is 0. The minimum atomic E-state index is -0.319. The van der Waals surface area contributed by atoms with Crippen LogP contribution in [0.25, 0.3) is 0 Å². The fraction of sp³-hybridized carbons (Fsp3) is 0.529. The Bertz CT molecular complexity index is 358. The molecule has 18 heavy (non-hydrogen) atoms. The minimum Gasteiger partial charge on any atom is -0.392 e. The van der Waals surface area contributed by atoms with Gasteiger partial charge in [0.1, 0.15) is 0 Å². The first-order valence-electron chi connectivity index (χ1n) is 7.02. The Hall–Kier alpha value is -1.08. The zero-order chi connectivity index (χ0) is 13.5. The average molecular weight is 246 g/mol. The third-order valence-corrected chi connectivity index (χ3v) is 3.56. The molecule has 1 nitrogen and oxygen atoms in total. The van der Waals surface area contributed by atoms with E-state index in [-0.39, 0.29) is 17.9 Å². The van der Waals surface area contributed by atoms with Gasteiger partial charge in [-0.15, -0.1) is 0 Å². The van der Waals surface area contributed by atoms with Gasteiger partial charge in [-0.1, -0.05) is 69.7 Å². The van der Waals surface area contributed by atoms with Crippen LogP contribution >= 0.6 is 0 Å². The van der Waals surface area contributed by atoms with Crippen molar-refractivity contribution in [3.8, 4) is 0 Å². The van der Waals surface area contributed by atoms with Crippen molar-refractivity contribution in [3.63, 3.8) is 0 Å². The van der Waals surface area contributed by atoms with Crippen molar-refractivity contribution in [1.82, 2.24) is 0 Å². The van der Waals surface area contributed by atoms with Crippen LogP contribution in [0, 0.1) is 5.92 Å². The summed E-state index contributed by atoms with van der Waals surface area (Å²) in [5.74, 6) is 0.377. The van der Waals surface area contributed by atoms with Gasteiger partial charge >= 0.3 is 0 Å². The van der Waals surface area contributed by atoms with E-state index in [0.29, 0.717) is 0 Å². The van der Waals surface area contributed by atoms with Crippen molar-refractivity contribution in [2.45, 2.75) is 52.6 Å². The SMILES string of the molecule is CCC(=CC(c1ccccc1)C(O)C(C)C)CC. The normalized spacial score (nSPS) is 14.3. The lowest BCUT2D eigenvalue weighted by Crippen LogP contribution is -2.23. The molecular formula is C17H26O. The van der Waals surface area contributed by atoms with Crippen molar-refractivity contribution in [2.75, 3.05) is 0 Å². The number of allylic oxidation sites excluding steroid dienone is 1. The van der Waals surface area contributed by atoms with Gasteiger partial charge in [0, 0.05) is 5.92 Å². The van der Waals surface area contributed by atoms with E-state index in [9.17, 15) is 5.11 Å². The Morgan fingerprint density at radius 2 is 1.67 bits per heavy atom. The van der Waals surface area contributed by atoms with Crippen molar-refractivity contribution in [2.24, 2.45) is 5.92 Å². The van der Waals surface area contributed by atoms with Gasteiger partial charge in [-0.3, -0.25) is 0 Å². The maximum Gasteiger partial charge on any atom is 0.0666 e. The first-order valence-corrected chi connectivity index (χ1v) is 7.02. The molecule has 0 saturated heterocycles. The van der Waals surface area contributed by atoms with Crippen LogP contribution in [0.4, 0.5) is 0 Å². The fourth-order valence-electron chi connectivity index (χ4n) is 2.22. The number of rotatable bonds is 6. The second kappa shape index (κ2) is 7.38. The van der Waals surface area contributed by atoms with Gasteiger partial charge in [-0.2, -0.15) is 0 Å². The molecule has 1 aromatic rings. The molecular weight excluding hydrogens is 220 g/mol. The van der Waals surface area contributed by atoms with Crippen LogP contribution in [0.2, 0.25) is 0 Å². The zero-order valence-corrected chi connectivity index (χ0v) is 12.1. The monoisotopic (exact) mass is 246 g/mol. The number of aliphatic hydroxyl groups excluding tert-OH is 1. The second-order valence-corrected chi connectivity index (χ2v) is 5.20. The van der Waals surface area contributed by atoms with Gasteiger partial charge < -0.3 is 5.11 Å². The van der Waals surface area contributed by atoms with Crippen LogP contribution in [0.5, 0.6) is 0 Å².